The molecule has 5 aliphatic rings. The van der Waals surface area contributed by atoms with E-state index in [0.29, 0.717) is 0 Å². The predicted octanol–water partition coefficient (Wildman–Crippen LogP) is 5.94. The lowest BCUT2D eigenvalue weighted by atomic mass is 10.2. The lowest BCUT2D eigenvalue weighted by Gasteiger charge is -2.38. The standard InChI is InChI=1S/C22H32N9P3/c1-19-3-7-21(8-4-19)23-32(28-11-12-28)25-33(29-13-14-29,24-22-9-5-20(2)6-10-22)27-34(26-32,30-15-16-30)31-17-18-31/h3-10,23-24H,11-18H2,1-2H3/t32-,33+. The quantitative estimate of drug-likeness (QED) is 0.335. The van der Waals surface area contributed by atoms with E-state index in [4.69, 9.17) is 13.5 Å². The van der Waals surface area contributed by atoms with Gasteiger partial charge < -0.3 is 10.2 Å². The van der Waals surface area contributed by atoms with Crippen molar-refractivity contribution in [1.29, 1.82) is 0 Å². The highest BCUT2D eigenvalue weighted by atomic mass is 31.3. The minimum absolute atomic E-state index is 1.05. The maximum atomic E-state index is 5.73. The van der Waals surface area contributed by atoms with Crippen LogP contribution in [-0.4, -0.2) is 71.0 Å². The van der Waals surface area contributed by atoms with E-state index < -0.39 is 22.5 Å². The third-order valence-corrected chi connectivity index (χ3v) is 18.4. The van der Waals surface area contributed by atoms with E-state index in [-0.39, 0.29) is 0 Å². The summed E-state index contributed by atoms with van der Waals surface area (Å²) in [6, 6.07) is 17.4. The molecule has 34 heavy (non-hydrogen) atoms. The zero-order valence-electron chi connectivity index (χ0n) is 19.7. The molecule has 2 aromatic carbocycles. The van der Waals surface area contributed by atoms with E-state index >= 15 is 0 Å². The SMILES string of the molecule is Cc1ccc(N[P@]2(N3CC3)=NP(N3CC3)(N3CC3)=N[P@@](Nc3ccc(C)cc3)(N3CC3)=N2)cc1. The Labute approximate surface area is 202 Å². The number of aryl methyl sites for hydroxylation is 2. The Kier molecular flexibility index (Phi) is 4.99. The van der Waals surface area contributed by atoms with Crippen molar-refractivity contribution in [3.8, 4) is 0 Å². The molecule has 2 atom stereocenters. The van der Waals surface area contributed by atoms with Crippen LogP contribution in [0.2, 0.25) is 0 Å². The molecule has 0 aliphatic carbocycles. The van der Waals surface area contributed by atoms with Gasteiger partial charge in [-0.3, -0.25) is 0 Å². The number of anilines is 2. The van der Waals surface area contributed by atoms with E-state index in [0.717, 1.165) is 63.7 Å². The first kappa shape index (κ1) is 21.8. The zero-order chi connectivity index (χ0) is 23.0. The van der Waals surface area contributed by atoms with Crippen molar-refractivity contribution >= 4 is 33.9 Å². The molecule has 5 heterocycles. The highest BCUT2D eigenvalue weighted by molar-refractivity contribution is 7.85. The molecular formula is C22H32N9P3. The molecule has 5 aliphatic heterocycles. The van der Waals surface area contributed by atoms with Crippen molar-refractivity contribution in [2.75, 3.05) is 62.5 Å². The number of nitrogens with one attached hydrogen (secondary N) is 2. The summed E-state index contributed by atoms with van der Waals surface area (Å²) in [6.45, 7) is 12.8. The summed E-state index contributed by atoms with van der Waals surface area (Å²) in [7, 11) is -6.90. The highest BCUT2D eigenvalue weighted by Gasteiger charge is 2.55. The lowest BCUT2D eigenvalue weighted by molar-refractivity contribution is 0.772. The Morgan fingerprint density at radius 3 is 1.29 bits per heavy atom. The van der Waals surface area contributed by atoms with Crippen molar-refractivity contribution in [2.24, 2.45) is 13.5 Å². The predicted molar refractivity (Wildman–Crippen MR) is 144 cm³/mol. The first-order valence-corrected chi connectivity index (χ1v) is 17.0. The van der Waals surface area contributed by atoms with Crippen molar-refractivity contribution in [1.82, 2.24) is 18.7 Å². The van der Waals surface area contributed by atoms with Gasteiger partial charge in [-0.05, 0) is 38.1 Å². The molecule has 12 heteroatoms. The smallest absolute Gasteiger partial charge is 0.244 e. The fraction of sp³-hybridized carbons (Fsp3) is 0.455. The minimum atomic E-state index is -2.37. The van der Waals surface area contributed by atoms with Crippen LogP contribution in [-0.2, 0) is 0 Å². The summed E-state index contributed by atoms with van der Waals surface area (Å²) < 4.78 is 27.2. The molecule has 4 fully saturated rings. The molecule has 0 unspecified atom stereocenters. The molecule has 2 aromatic rings. The van der Waals surface area contributed by atoms with Gasteiger partial charge in [-0.1, -0.05) is 35.4 Å². The molecule has 0 bridgehead atoms. The molecule has 0 amide bonds. The number of benzene rings is 2. The maximum Gasteiger partial charge on any atom is 0.244 e. The summed E-state index contributed by atoms with van der Waals surface area (Å²) in [5.41, 5.74) is 4.74. The van der Waals surface area contributed by atoms with Crippen molar-refractivity contribution in [3.63, 3.8) is 0 Å². The summed E-state index contributed by atoms with van der Waals surface area (Å²) in [5, 5.41) is 7.83. The maximum absolute atomic E-state index is 5.73. The van der Waals surface area contributed by atoms with Gasteiger partial charge in [-0.15, -0.1) is 0 Å². The van der Waals surface area contributed by atoms with E-state index in [9.17, 15) is 0 Å². The summed E-state index contributed by atoms with van der Waals surface area (Å²) in [6.07, 6.45) is 0. The van der Waals surface area contributed by atoms with Crippen LogP contribution in [0, 0.1) is 13.8 Å². The number of hydrogen-bond acceptors (Lipinski definition) is 9. The minimum Gasteiger partial charge on any atom is -0.323 e. The van der Waals surface area contributed by atoms with Gasteiger partial charge in [0.05, 0.1) is 0 Å². The average molecular weight is 515 g/mol. The van der Waals surface area contributed by atoms with Crippen LogP contribution in [0.3, 0.4) is 0 Å². The first-order chi connectivity index (χ1) is 16.5. The van der Waals surface area contributed by atoms with Gasteiger partial charge in [0, 0.05) is 63.7 Å². The van der Waals surface area contributed by atoms with Crippen LogP contribution < -0.4 is 10.2 Å². The average Bonchev–Trinajstić information content (AvgIpc) is 3.68. The van der Waals surface area contributed by atoms with E-state index in [1.54, 1.807) is 0 Å². The van der Waals surface area contributed by atoms with Crippen LogP contribution in [0.5, 0.6) is 0 Å². The fourth-order valence-corrected chi connectivity index (χ4v) is 18.3. The van der Waals surface area contributed by atoms with Gasteiger partial charge in [0.15, 0.2) is 0 Å². The second-order valence-electron chi connectivity index (χ2n) is 9.71. The lowest BCUT2D eigenvalue weighted by Crippen LogP contribution is -2.15. The molecule has 9 nitrogen and oxygen atoms in total. The van der Waals surface area contributed by atoms with E-state index in [2.05, 4.69) is 91.2 Å². The molecule has 0 saturated carbocycles. The van der Waals surface area contributed by atoms with E-state index in [1.165, 1.54) is 11.1 Å². The summed E-state index contributed by atoms with van der Waals surface area (Å²) in [5.74, 6) is 0. The largest absolute Gasteiger partial charge is 0.323 e. The molecule has 4 saturated heterocycles. The van der Waals surface area contributed by atoms with Gasteiger partial charge in [0.1, 0.15) is 0 Å². The van der Waals surface area contributed by atoms with Gasteiger partial charge >= 0.3 is 0 Å². The third kappa shape index (κ3) is 3.92. The molecule has 2 N–H and O–H groups in total. The van der Waals surface area contributed by atoms with Gasteiger partial charge in [0.25, 0.3) is 0 Å². The fourth-order valence-electron chi connectivity index (χ4n) is 4.30. The van der Waals surface area contributed by atoms with Crippen molar-refractivity contribution in [3.05, 3.63) is 59.7 Å². The van der Waals surface area contributed by atoms with E-state index in [1.807, 2.05) is 0 Å². The second-order valence-corrected chi connectivity index (χ2v) is 17.9. The van der Waals surface area contributed by atoms with Crippen LogP contribution in [0.4, 0.5) is 11.4 Å². The molecule has 0 aromatic heterocycles. The zero-order valence-corrected chi connectivity index (χ0v) is 22.4. The van der Waals surface area contributed by atoms with Crippen LogP contribution in [0.15, 0.2) is 62.1 Å². The first-order valence-electron chi connectivity index (χ1n) is 12.1. The molecular weight excluding hydrogens is 483 g/mol. The second kappa shape index (κ2) is 7.78. The Morgan fingerprint density at radius 2 is 0.912 bits per heavy atom. The van der Waals surface area contributed by atoms with Crippen LogP contribution >= 0.6 is 22.5 Å². The molecule has 0 spiro atoms. The van der Waals surface area contributed by atoms with Crippen molar-refractivity contribution < 1.29 is 0 Å². The third-order valence-electron chi connectivity index (χ3n) is 6.64. The van der Waals surface area contributed by atoms with Crippen molar-refractivity contribution in [2.45, 2.75) is 13.8 Å². The number of hydrogen-bond donors (Lipinski definition) is 2. The Morgan fingerprint density at radius 1 is 0.529 bits per heavy atom. The molecule has 7 rings (SSSR count). The topological polar surface area (TPSA) is 73.2 Å². The van der Waals surface area contributed by atoms with Gasteiger partial charge in [0.2, 0.25) is 22.5 Å². The highest BCUT2D eigenvalue weighted by Crippen LogP contribution is 2.84. The number of nitrogens with zero attached hydrogens (tertiary/aromatic N) is 7. The Balaban J connectivity index is 1.44. The normalized spacial score (nSPS) is 32.2. The Bertz CT molecular complexity index is 1210. The summed E-state index contributed by atoms with van der Waals surface area (Å²) >= 11 is 0. The Hall–Kier alpha value is -1.43. The van der Waals surface area contributed by atoms with Gasteiger partial charge in [-0.2, -0.15) is 13.5 Å². The van der Waals surface area contributed by atoms with Crippen LogP contribution in [0.1, 0.15) is 11.1 Å². The monoisotopic (exact) mass is 515 g/mol. The molecule has 0 radical (unpaired) electrons. The number of rotatable bonds is 8. The van der Waals surface area contributed by atoms with Gasteiger partial charge in [-0.25, -0.2) is 18.7 Å². The van der Waals surface area contributed by atoms with Crippen LogP contribution in [0.25, 0.3) is 0 Å². The summed E-state index contributed by atoms with van der Waals surface area (Å²) in [4.78, 5) is 0. The molecule has 180 valence electrons.